The second-order valence-corrected chi connectivity index (χ2v) is 4.77. The van der Waals surface area contributed by atoms with Crippen LogP contribution in [0, 0.1) is 0 Å². The zero-order valence-corrected chi connectivity index (χ0v) is 10.8. The topological polar surface area (TPSA) is 49.8 Å². The van der Waals surface area contributed by atoms with Crippen LogP contribution in [0.1, 0.15) is 25.3 Å². The third-order valence-corrected chi connectivity index (χ3v) is 3.79. The number of ether oxygens (including phenoxy) is 1. The van der Waals surface area contributed by atoms with Gasteiger partial charge in [-0.3, -0.25) is 4.90 Å². The van der Waals surface area contributed by atoms with Crippen LogP contribution in [0.3, 0.4) is 0 Å². The highest BCUT2D eigenvalue weighted by Gasteiger charge is 2.44. The van der Waals surface area contributed by atoms with Crippen molar-refractivity contribution in [1.29, 1.82) is 0 Å². The molecular formula is C14H19NO3. The van der Waals surface area contributed by atoms with Crippen molar-refractivity contribution in [1.82, 2.24) is 4.90 Å². The van der Waals surface area contributed by atoms with Gasteiger partial charge in [0.15, 0.2) is 0 Å². The van der Waals surface area contributed by atoms with Crippen LogP contribution in [0.4, 0.5) is 0 Å². The number of benzene rings is 1. The van der Waals surface area contributed by atoms with Gasteiger partial charge in [-0.05, 0) is 38.9 Å². The Morgan fingerprint density at radius 1 is 1.33 bits per heavy atom. The van der Waals surface area contributed by atoms with E-state index in [0.717, 1.165) is 31.5 Å². The minimum Gasteiger partial charge on any atom is -0.496 e. The molecule has 0 spiro atoms. The summed E-state index contributed by atoms with van der Waals surface area (Å²) >= 11 is 0. The van der Waals surface area contributed by atoms with Crippen molar-refractivity contribution >= 4 is 5.97 Å². The molecule has 0 bridgehead atoms. The van der Waals surface area contributed by atoms with E-state index in [-0.39, 0.29) is 0 Å². The summed E-state index contributed by atoms with van der Waals surface area (Å²) in [6.45, 7) is 3.40. The Hall–Kier alpha value is -1.55. The molecule has 0 aromatic heterocycles. The summed E-state index contributed by atoms with van der Waals surface area (Å²) in [7, 11) is 1.57. The quantitative estimate of drug-likeness (QED) is 0.887. The van der Waals surface area contributed by atoms with Crippen LogP contribution in [0.2, 0.25) is 0 Å². The number of hydrogen-bond donors (Lipinski definition) is 1. The molecule has 0 saturated carbocycles. The number of nitrogens with zero attached hydrogens (tertiary/aromatic N) is 1. The lowest BCUT2D eigenvalue weighted by molar-refractivity contribution is -0.150. The summed E-state index contributed by atoms with van der Waals surface area (Å²) in [6.07, 6.45) is 2.11. The second-order valence-electron chi connectivity index (χ2n) is 4.77. The van der Waals surface area contributed by atoms with Gasteiger partial charge in [-0.1, -0.05) is 18.2 Å². The molecule has 1 aromatic carbocycles. The van der Waals surface area contributed by atoms with Gasteiger partial charge in [0.1, 0.15) is 11.3 Å². The number of para-hydroxylation sites is 1. The van der Waals surface area contributed by atoms with Crippen molar-refractivity contribution in [3.05, 3.63) is 29.8 Å². The van der Waals surface area contributed by atoms with Crippen molar-refractivity contribution in [3.63, 3.8) is 0 Å². The predicted molar refractivity (Wildman–Crippen MR) is 68.8 cm³/mol. The lowest BCUT2D eigenvalue weighted by Crippen LogP contribution is -2.48. The van der Waals surface area contributed by atoms with Gasteiger partial charge in [-0.25, -0.2) is 4.79 Å². The Balaban J connectivity index is 2.49. The minimum atomic E-state index is -1.01. The summed E-state index contributed by atoms with van der Waals surface area (Å²) in [4.78, 5) is 13.8. The van der Waals surface area contributed by atoms with Crippen LogP contribution in [-0.2, 0) is 10.3 Å². The molecule has 1 N–H and O–H groups in total. The summed E-state index contributed by atoms with van der Waals surface area (Å²) < 4.78 is 5.31. The minimum absolute atomic E-state index is 0.634. The Kier molecular flexibility index (Phi) is 3.57. The molecular weight excluding hydrogens is 230 g/mol. The SMILES string of the molecule is COc1ccccc1C(C)(C(=O)O)N1CCCC1. The average Bonchev–Trinajstić information content (AvgIpc) is 2.91. The van der Waals surface area contributed by atoms with Crippen LogP contribution in [-0.4, -0.2) is 36.2 Å². The van der Waals surface area contributed by atoms with Gasteiger partial charge in [-0.2, -0.15) is 0 Å². The number of likely N-dealkylation sites (tertiary alicyclic amines) is 1. The van der Waals surface area contributed by atoms with E-state index in [0.29, 0.717) is 5.75 Å². The number of rotatable bonds is 4. The van der Waals surface area contributed by atoms with Crippen LogP contribution < -0.4 is 4.74 Å². The summed E-state index contributed by atoms with van der Waals surface area (Å²) in [5.41, 5.74) is -0.287. The van der Waals surface area contributed by atoms with Crippen LogP contribution in [0.5, 0.6) is 5.75 Å². The van der Waals surface area contributed by atoms with Crippen LogP contribution in [0.15, 0.2) is 24.3 Å². The first kappa shape index (κ1) is 12.9. The van der Waals surface area contributed by atoms with Gasteiger partial charge in [0.05, 0.1) is 7.11 Å². The normalized spacial score (nSPS) is 19.4. The molecule has 4 nitrogen and oxygen atoms in total. The van der Waals surface area contributed by atoms with Crippen molar-refractivity contribution in [3.8, 4) is 5.75 Å². The first-order chi connectivity index (χ1) is 8.60. The predicted octanol–water partition coefficient (Wildman–Crippen LogP) is 2.09. The van der Waals surface area contributed by atoms with Crippen molar-refractivity contribution in [2.45, 2.75) is 25.3 Å². The monoisotopic (exact) mass is 249 g/mol. The maximum Gasteiger partial charge on any atom is 0.328 e. The lowest BCUT2D eigenvalue weighted by atomic mass is 9.89. The third kappa shape index (κ3) is 1.97. The Morgan fingerprint density at radius 3 is 2.50 bits per heavy atom. The molecule has 2 rings (SSSR count). The smallest absolute Gasteiger partial charge is 0.328 e. The van der Waals surface area contributed by atoms with Gasteiger partial charge in [0.2, 0.25) is 0 Å². The highest BCUT2D eigenvalue weighted by molar-refractivity contribution is 5.81. The van der Waals surface area contributed by atoms with Gasteiger partial charge in [0, 0.05) is 5.56 Å². The van der Waals surface area contributed by atoms with Crippen LogP contribution in [0.25, 0.3) is 0 Å². The van der Waals surface area contributed by atoms with Gasteiger partial charge in [-0.15, -0.1) is 0 Å². The van der Waals surface area contributed by atoms with E-state index in [9.17, 15) is 9.90 Å². The Labute approximate surface area is 107 Å². The number of carbonyl (C=O) groups is 1. The van der Waals surface area contributed by atoms with E-state index >= 15 is 0 Å². The molecule has 0 aliphatic carbocycles. The highest BCUT2D eigenvalue weighted by atomic mass is 16.5. The van der Waals surface area contributed by atoms with E-state index in [1.54, 1.807) is 14.0 Å². The molecule has 98 valence electrons. The van der Waals surface area contributed by atoms with Crippen molar-refractivity contribution in [2.24, 2.45) is 0 Å². The maximum absolute atomic E-state index is 11.8. The lowest BCUT2D eigenvalue weighted by Gasteiger charge is -2.36. The van der Waals surface area contributed by atoms with Gasteiger partial charge in [0.25, 0.3) is 0 Å². The van der Waals surface area contributed by atoms with Gasteiger partial charge < -0.3 is 9.84 Å². The highest BCUT2D eigenvalue weighted by Crippen LogP contribution is 2.37. The first-order valence-electron chi connectivity index (χ1n) is 6.22. The number of aliphatic carboxylic acids is 1. The Bertz CT molecular complexity index is 440. The fourth-order valence-electron chi connectivity index (χ4n) is 2.63. The average molecular weight is 249 g/mol. The molecule has 1 saturated heterocycles. The van der Waals surface area contributed by atoms with E-state index in [2.05, 4.69) is 0 Å². The summed E-state index contributed by atoms with van der Waals surface area (Å²) in [5, 5.41) is 9.67. The fraction of sp³-hybridized carbons (Fsp3) is 0.500. The fourth-order valence-corrected chi connectivity index (χ4v) is 2.63. The van der Waals surface area contributed by atoms with Gasteiger partial charge >= 0.3 is 5.97 Å². The largest absolute Gasteiger partial charge is 0.496 e. The van der Waals surface area contributed by atoms with Crippen LogP contribution >= 0.6 is 0 Å². The molecule has 1 aliphatic heterocycles. The molecule has 18 heavy (non-hydrogen) atoms. The van der Waals surface area contributed by atoms with Crippen molar-refractivity contribution in [2.75, 3.05) is 20.2 Å². The zero-order chi connectivity index (χ0) is 13.2. The molecule has 0 radical (unpaired) electrons. The van der Waals surface area contributed by atoms with E-state index in [4.69, 9.17) is 4.74 Å². The first-order valence-corrected chi connectivity index (χ1v) is 6.22. The van der Waals surface area contributed by atoms with E-state index in [1.165, 1.54) is 0 Å². The Morgan fingerprint density at radius 2 is 1.94 bits per heavy atom. The van der Waals surface area contributed by atoms with E-state index in [1.807, 2.05) is 29.2 Å². The molecule has 0 amide bonds. The maximum atomic E-state index is 11.8. The molecule has 1 heterocycles. The molecule has 1 unspecified atom stereocenters. The summed E-state index contributed by atoms with van der Waals surface area (Å²) in [6, 6.07) is 7.36. The molecule has 1 aromatic rings. The summed E-state index contributed by atoms with van der Waals surface area (Å²) in [5.74, 6) is -0.191. The zero-order valence-electron chi connectivity index (χ0n) is 10.8. The third-order valence-electron chi connectivity index (χ3n) is 3.79. The number of methoxy groups -OCH3 is 1. The molecule has 4 heteroatoms. The molecule has 1 aliphatic rings. The number of hydrogen-bond acceptors (Lipinski definition) is 3. The van der Waals surface area contributed by atoms with Crippen molar-refractivity contribution < 1.29 is 14.6 Å². The number of carboxylic acid groups (broad SMARTS) is 1. The van der Waals surface area contributed by atoms with E-state index < -0.39 is 11.5 Å². The molecule has 1 atom stereocenters. The number of carboxylic acids is 1. The standard InChI is InChI=1S/C14H19NO3/c1-14(13(16)17,15-9-5-6-10-15)11-7-3-4-8-12(11)18-2/h3-4,7-8H,5-6,9-10H2,1-2H3,(H,16,17). The second kappa shape index (κ2) is 4.98. The molecule has 1 fully saturated rings.